The Bertz CT molecular complexity index is 943. The molecule has 0 aliphatic rings. The molecule has 0 saturated heterocycles. The van der Waals surface area contributed by atoms with Crippen LogP contribution in [0.15, 0.2) is 54.6 Å². The number of alkyl carbamates (subject to hydrolysis) is 1. The molecule has 0 radical (unpaired) electrons. The van der Waals surface area contributed by atoms with Gasteiger partial charge >= 0.3 is 18.0 Å². The van der Waals surface area contributed by atoms with Crippen LogP contribution in [0.5, 0.6) is 0 Å². The van der Waals surface area contributed by atoms with Gasteiger partial charge < -0.3 is 25.6 Å². The third kappa shape index (κ3) is 7.42. The number of ether oxygens (including phenoxy) is 1. The fourth-order valence-corrected chi connectivity index (χ4v) is 2.91. The van der Waals surface area contributed by atoms with Crippen LogP contribution in [0.25, 0.3) is 0 Å². The van der Waals surface area contributed by atoms with Crippen molar-refractivity contribution in [2.24, 2.45) is 5.92 Å². The molecule has 9 nitrogen and oxygen atoms in total. The highest BCUT2D eigenvalue weighted by Gasteiger charge is 2.29. The molecule has 0 unspecified atom stereocenters. The molecule has 9 heteroatoms. The Kier molecular flexibility index (Phi) is 8.76. The lowest BCUT2D eigenvalue weighted by atomic mass is 10.0. The van der Waals surface area contributed by atoms with E-state index in [-0.39, 0.29) is 24.5 Å². The zero-order chi connectivity index (χ0) is 23.7. The van der Waals surface area contributed by atoms with Crippen molar-refractivity contribution in [1.29, 1.82) is 0 Å². The van der Waals surface area contributed by atoms with Crippen LogP contribution in [0.2, 0.25) is 0 Å². The van der Waals surface area contributed by atoms with Crippen LogP contribution in [-0.2, 0) is 27.4 Å². The van der Waals surface area contributed by atoms with E-state index in [9.17, 15) is 24.3 Å². The summed E-state index contributed by atoms with van der Waals surface area (Å²) in [5.41, 5.74) is 1.40. The molecule has 2 aromatic rings. The summed E-state index contributed by atoms with van der Waals surface area (Å²) in [4.78, 5) is 47.5. The first kappa shape index (κ1) is 24.4. The van der Waals surface area contributed by atoms with Gasteiger partial charge in [-0.1, -0.05) is 56.3 Å². The van der Waals surface area contributed by atoms with Crippen molar-refractivity contribution in [3.05, 3.63) is 71.3 Å². The number of carbonyl (C=O) groups is 4. The molecule has 2 atom stereocenters. The normalized spacial score (nSPS) is 12.5. The first-order valence-corrected chi connectivity index (χ1v) is 10.00. The zero-order valence-corrected chi connectivity index (χ0v) is 17.8. The number of hydrogen-bond donors (Lipinski definition) is 4. The number of carboxylic acid groups (broad SMARTS) is 2. The maximum atomic E-state index is 12.7. The van der Waals surface area contributed by atoms with E-state index in [0.717, 1.165) is 5.56 Å². The van der Waals surface area contributed by atoms with E-state index in [4.69, 9.17) is 9.84 Å². The Morgan fingerprint density at radius 3 is 2.03 bits per heavy atom. The van der Waals surface area contributed by atoms with Crippen LogP contribution < -0.4 is 10.6 Å². The standard InChI is InChI=1S/C23H26N2O7/c1-14(2)19(25-23(31)32-13-16-6-4-3-5-7-16)20(26)24-18(22(29)30)12-15-8-10-17(11-9-15)21(27)28/h3-11,14,18-19H,12-13H2,1-2H3,(H,24,26)(H,25,31)(H,27,28)(H,29,30)/t18-,19+/m0/s1. The van der Waals surface area contributed by atoms with E-state index < -0.39 is 36.0 Å². The average molecular weight is 442 g/mol. The molecule has 2 aromatic carbocycles. The quantitative estimate of drug-likeness (QED) is 0.443. The van der Waals surface area contributed by atoms with E-state index >= 15 is 0 Å². The summed E-state index contributed by atoms with van der Waals surface area (Å²) in [5, 5.41) is 23.4. The topological polar surface area (TPSA) is 142 Å². The van der Waals surface area contributed by atoms with Gasteiger partial charge in [0.15, 0.2) is 0 Å². The Labute approximate surface area is 185 Å². The average Bonchev–Trinajstić information content (AvgIpc) is 2.76. The number of carbonyl (C=O) groups excluding carboxylic acids is 2. The van der Waals surface area contributed by atoms with Gasteiger partial charge in [-0.25, -0.2) is 14.4 Å². The van der Waals surface area contributed by atoms with Gasteiger partial charge in [0.1, 0.15) is 18.7 Å². The number of rotatable bonds is 10. The molecular weight excluding hydrogens is 416 g/mol. The lowest BCUT2D eigenvalue weighted by Gasteiger charge is -2.24. The minimum absolute atomic E-state index is 0.0309. The molecule has 0 saturated carbocycles. The highest BCUT2D eigenvalue weighted by molar-refractivity contribution is 5.90. The van der Waals surface area contributed by atoms with Crippen molar-refractivity contribution in [1.82, 2.24) is 10.6 Å². The molecule has 0 heterocycles. The summed E-state index contributed by atoms with van der Waals surface area (Å²) in [5.74, 6) is -3.34. The second kappa shape index (κ2) is 11.5. The maximum absolute atomic E-state index is 12.7. The van der Waals surface area contributed by atoms with Crippen molar-refractivity contribution in [2.45, 2.75) is 39.0 Å². The van der Waals surface area contributed by atoms with Gasteiger partial charge in [0, 0.05) is 6.42 Å². The second-order valence-electron chi connectivity index (χ2n) is 7.53. The Balaban J connectivity index is 1.99. The smallest absolute Gasteiger partial charge is 0.408 e. The Hall–Kier alpha value is -3.88. The van der Waals surface area contributed by atoms with E-state index in [1.54, 1.807) is 26.0 Å². The van der Waals surface area contributed by atoms with E-state index in [1.165, 1.54) is 24.3 Å². The zero-order valence-electron chi connectivity index (χ0n) is 17.8. The third-order valence-corrected chi connectivity index (χ3v) is 4.69. The van der Waals surface area contributed by atoms with E-state index in [2.05, 4.69) is 10.6 Å². The van der Waals surface area contributed by atoms with Crippen LogP contribution in [0.3, 0.4) is 0 Å². The second-order valence-corrected chi connectivity index (χ2v) is 7.53. The molecule has 0 aliphatic heterocycles. The summed E-state index contributed by atoms with van der Waals surface area (Å²) in [6.07, 6.45) is -0.844. The summed E-state index contributed by atoms with van der Waals surface area (Å²) in [7, 11) is 0. The van der Waals surface area contributed by atoms with Crippen molar-refractivity contribution >= 4 is 23.9 Å². The number of benzene rings is 2. The monoisotopic (exact) mass is 442 g/mol. The lowest BCUT2D eigenvalue weighted by molar-refractivity contribution is -0.142. The van der Waals surface area contributed by atoms with Crippen molar-refractivity contribution in [3.63, 3.8) is 0 Å². The SMILES string of the molecule is CC(C)[C@@H](NC(=O)OCc1ccccc1)C(=O)N[C@@H](Cc1ccc(C(=O)O)cc1)C(=O)O. The summed E-state index contributed by atoms with van der Waals surface area (Å²) < 4.78 is 5.14. The minimum atomic E-state index is -1.26. The molecule has 2 rings (SSSR count). The first-order chi connectivity index (χ1) is 15.2. The van der Waals surface area contributed by atoms with Crippen LogP contribution in [0, 0.1) is 5.92 Å². The van der Waals surface area contributed by atoms with E-state index in [0.29, 0.717) is 5.56 Å². The van der Waals surface area contributed by atoms with Crippen LogP contribution >= 0.6 is 0 Å². The lowest BCUT2D eigenvalue weighted by Crippen LogP contribution is -2.54. The fraction of sp³-hybridized carbons (Fsp3) is 0.304. The van der Waals surface area contributed by atoms with Gasteiger partial charge in [0.05, 0.1) is 5.56 Å². The van der Waals surface area contributed by atoms with Crippen molar-refractivity contribution in [3.8, 4) is 0 Å². The highest BCUT2D eigenvalue weighted by atomic mass is 16.5. The summed E-state index contributed by atoms with van der Waals surface area (Å²) in [6.45, 7) is 3.45. The number of nitrogens with one attached hydrogen (secondary N) is 2. The molecular formula is C23H26N2O7. The van der Waals surface area contributed by atoms with Crippen LogP contribution in [0.4, 0.5) is 4.79 Å². The summed E-state index contributed by atoms with van der Waals surface area (Å²) in [6, 6.07) is 12.5. The van der Waals surface area contributed by atoms with Crippen molar-refractivity contribution < 1.29 is 34.1 Å². The Morgan fingerprint density at radius 1 is 0.875 bits per heavy atom. The van der Waals surface area contributed by atoms with Gasteiger partial charge in [-0.3, -0.25) is 4.79 Å². The molecule has 0 spiro atoms. The van der Waals surface area contributed by atoms with Gasteiger partial charge in [-0.2, -0.15) is 0 Å². The van der Waals surface area contributed by atoms with Gasteiger partial charge in [-0.05, 0) is 29.2 Å². The summed E-state index contributed by atoms with van der Waals surface area (Å²) >= 11 is 0. The predicted octanol–water partition coefficient (Wildman–Crippen LogP) is 2.45. The largest absolute Gasteiger partial charge is 0.480 e. The number of aliphatic carboxylic acids is 1. The first-order valence-electron chi connectivity index (χ1n) is 10.00. The molecule has 0 bridgehead atoms. The van der Waals surface area contributed by atoms with E-state index in [1.807, 2.05) is 18.2 Å². The molecule has 4 N–H and O–H groups in total. The van der Waals surface area contributed by atoms with Gasteiger partial charge in [-0.15, -0.1) is 0 Å². The number of hydrogen-bond acceptors (Lipinski definition) is 5. The van der Waals surface area contributed by atoms with Crippen LogP contribution in [-0.4, -0.2) is 46.2 Å². The molecule has 2 amide bonds. The number of amides is 2. The molecule has 32 heavy (non-hydrogen) atoms. The fourth-order valence-electron chi connectivity index (χ4n) is 2.91. The highest BCUT2D eigenvalue weighted by Crippen LogP contribution is 2.10. The maximum Gasteiger partial charge on any atom is 0.408 e. The third-order valence-electron chi connectivity index (χ3n) is 4.69. The Morgan fingerprint density at radius 2 is 1.50 bits per heavy atom. The van der Waals surface area contributed by atoms with Gasteiger partial charge in [0.2, 0.25) is 5.91 Å². The van der Waals surface area contributed by atoms with Crippen LogP contribution in [0.1, 0.15) is 35.3 Å². The molecule has 170 valence electrons. The number of carboxylic acids is 2. The molecule has 0 aromatic heterocycles. The van der Waals surface area contributed by atoms with Crippen molar-refractivity contribution in [2.75, 3.05) is 0 Å². The molecule has 0 aliphatic carbocycles. The molecule has 0 fully saturated rings. The number of aromatic carboxylic acids is 1. The predicted molar refractivity (Wildman–Crippen MR) is 115 cm³/mol. The minimum Gasteiger partial charge on any atom is -0.480 e. The van der Waals surface area contributed by atoms with Gasteiger partial charge in [0.25, 0.3) is 0 Å².